The number of benzene rings is 6. The van der Waals surface area contributed by atoms with E-state index in [4.69, 9.17) is 13.8 Å². The number of fused-ring (bicyclic) bond motifs is 4. The number of hydrogen-bond acceptors (Lipinski definition) is 2. The number of nitrogens with zero attached hydrogens (tertiary/aromatic N) is 4. The number of aryl methyl sites for hydroxylation is 7. The van der Waals surface area contributed by atoms with E-state index in [-0.39, 0.29) is 26.5 Å². The Morgan fingerprint density at radius 3 is 2.02 bits per heavy atom. The summed E-state index contributed by atoms with van der Waals surface area (Å²) in [5.41, 5.74) is 13.0. The van der Waals surface area contributed by atoms with Crippen molar-refractivity contribution in [3.8, 4) is 23.0 Å². The van der Waals surface area contributed by atoms with Gasteiger partial charge in [0, 0.05) is 21.1 Å². The topological polar surface area (TPSA) is 35.9 Å². The zero-order valence-electron chi connectivity index (χ0n) is 38.4. The first-order valence-electron chi connectivity index (χ1n) is 21.6. The summed E-state index contributed by atoms with van der Waals surface area (Å²) in [6.45, 7) is 17.9. The van der Waals surface area contributed by atoms with Gasteiger partial charge in [0.2, 0.25) is 6.33 Å². The summed E-state index contributed by atoms with van der Waals surface area (Å²) < 4.78 is 40.6. The second-order valence-electron chi connectivity index (χ2n) is 16.9. The van der Waals surface area contributed by atoms with Crippen molar-refractivity contribution in [2.75, 3.05) is 0 Å². The molecule has 7 heteroatoms. The number of para-hydroxylation sites is 2. The third kappa shape index (κ3) is 7.56. The molecule has 9 rings (SSSR count). The predicted molar refractivity (Wildman–Crippen MR) is 244 cm³/mol. The minimum Gasteiger partial charge on any atom is -0.0688 e. The molecule has 0 aliphatic heterocycles. The van der Waals surface area contributed by atoms with Gasteiger partial charge in [-0.2, -0.15) is 0 Å². The molecule has 0 N–H and O–H groups in total. The molecule has 0 saturated carbocycles. The van der Waals surface area contributed by atoms with E-state index in [1.54, 1.807) is 17.2 Å². The minimum absolute atomic E-state index is 0. The van der Waals surface area contributed by atoms with Gasteiger partial charge in [-0.3, -0.25) is 0 Å². The van der Waals surface area contributed by atoms with E-state index in [0.717, 1.165) is 27.6 Å². The quantitative estimate of drug-likeness (QED) is 0.0907. The maximum atomic E-state index is 8.12. The van der Waals surface area contributed by atoms with Gasteiger partial charge in [0.05, 0.1) is 22.1 Å². The monoisotopic (exact) mass is 1160 g/mol. The second kappa shape index (κ2) is 16.2. The van der Waals surface area contributed by atoms with Gasteiger partial charge in [0.15, 0.2) is 0 Å². The average Bonchev–Trinajstić information content (AvgIpc) is 3.76. The first-order valence-corrected chi connectivity index (χ1v) is 25.3. The average molecular weight is 1170 g/mol. The maximum absolute atomic E-state index is 8.12. The zero-order valence-corrected chi connectivity index (χ0v) is 41.2. The molecule has 0 unspecified atom stereocenters. The van der Waals surface area contributed by atoms with Crippen molar-refractivity contribution in [3.05, 3.63) is 173 Å². The standard InChI is InChI=1S/C35H27N4O.2C9H11.Bi.Pt/c1-35(2,3)24-18-19-36-34(20-24)39-30-13-6-5-12-28(30)29-17-16-27(22-33(29)39)40-26-11-9-10-25(21-26)38-23-37(4)31-14-7-8-15-32(31)38;2*1-7-4-8(2)6-9(3)5-7;;/h6-20H,1-4H3;2*4-5H,1-3H3;;/q-2;;;;/i4D3;;;;. The van der Waals surface area contributed by atoms with Gasteiger partial charge >= 0.3 is 305 Å². The Balaban J connectivity index is 0.00000544. The molecule has 3 aromatic heterocycles. The van der Waals surface area contributed by atoms with Crippen molar-refractivity contribution >= 4 is 64.4 Å². The fourth-order valence-electron chi connectivity index (χ4n) is 8.75. The van der Waals surface area contributed by atoms with Crippen molar-refractivity contribution in [3.63, 3.8) is 0 Å². The van der Waals surface area contributed by atoms with Crippen molar-refractivity contribution in [2.45, 2.75) is 67.7 Å². The van der Waals surface area contributed by atoms with E-state index in [1.807, 2.05) is 48.7 Å². The number of hydrogen-bond donors (Lipinski definition) is 0. The Labute approximate surface area is 380 Å². The summed E-state index contributed by atoms with van der Waals surface area (Å²) >= 11 is -2.95. The second-order valence-corrected chi connectivity index (χ2v) is 25.0. The van der Waals surface area contributed by atoms with Crippen LogP contribution in [0.5, 0.6) is 11.5 Å². The minimum atomic E-state index is -2.95. The molecule has 60 heavy (non-hydrogen) atoms. The molecule has 9 aromatic rings. The van der Waals surface area contributed by atoms with Gasteiger partial charge in [-0.05, 0) is 0 Å². The summed E-state index contributed by atoms with van der Waals surface area (Å²) in [4.78, 5) is 4.97. The summed E-state index contributed by atoms with van der Waals surface area (Å²) in [5.74, 6) is 1.81. The Bertz CT molecular complexity index is 3130. The Kier molecular flexibility index (Phi) is 10.3. The first-order chi connectivity index (χ1) is 29.5. The molecule has 0 atom stereocenters. The summed E-state index contributed by atoms with van der Waals surface area (Å²) in [5, 5.41) is 2.22. The van der Waals surface area contributed by atoms with Crippen LogP contribution in [0.15, 0.2) is 115 Å². The van der Waals surface area contributed by atoms with Gasteiger partial charge in [0.1, 0.15) is 0 Å². The SMILES string of the molecule is [2H]C([2H])([2H])[n+]1[c-]n(-c2[c-]c(Oc3[c-]c4c(cc3)c3c[c]([Bi]([c]5c(C)cc(C)cc5C)[c]5c(C)cc(C)cc5C)ccc3n4-c3cc(C(C)(C)C)ccn3)ccc2)c2ccccc21.[Pt]. The van der Waals surface area contributed by atoms with Crippen molar-refractivity contribution in [1.29, 1.82) is 0 Å². The smallest absolute Gasteiger partial charge is 0.0688 e. The van der Waals surface area contributed by atoms with Crippen LogP contribution in [-0.4, -0.2) is 35.9 Å². The van der Waals surface area contributed by atoms with Crippen LogP contribution in [0.1, 0.15) is 63.8 Å². The van der Waals surface area contributed by atoms with Crippen LogP contribution in [-0.2, 0) is 33.5 Å². The molecular weight excluding hydrogens is 1110 g/mol. The summed E-state index contributed by atoms with van der Waals surface area (Å²) in [6.07, 6.45) is 4.94. The van der Waals surface area contributed by atoms with Gasteiger partial charge in [-0.1, -0.05) is 24.3 Å². The fourth-order valence-corrected chi connectivity index (χ4v) is 20.0. The van der Waals surface area contributed by atoms with Crippen molar-refractivity contribution < 1.29 is 34.5 Å². The van der Waals surface area contributed by atoms with Crippen molar-refractivity contribution in [2.24, 2.45) is 6.98 Å². The van der Waals surface area contributed by atoms with E-state index in [0.29, 0.717) is 28.2 Å². The third-order valence-corrected chi connectivity index (χ3v) is 23.3. The van der Waals surface area contributed by atoms with E-state index in [9.17, 15) is 0 Å². The molecule has 3 heterocycles. The van der Waals surface area contributed by atoms with Gasteiger partial charge in [0.25, 0.3) is 0 Å². The molecule has 0 aliphatic rings. The Morgan fingerprint density at radius 2 is 1.35 bits per heavy atom. The van der Waals surface area contributed by atoms with Crippen LogP contribution < -0.4 is 19.1 Å². The van der Waals surface area contributed by atoms with E-state index in [2.05, 4.69) is 146 Å². The molecule has 0 spiro atoms. The molecule has 5 nitrogen and oxygen atoms in total. The molecule has 0 amide bonds. The number of aromatic nitrogens is 4. The van der Waals surface area contributed by atoms with E-state index in [1.165, 1.54) is 46.8 Å². The Morgan fingerprint density at radius 1 is 0.683 bits per heavy atom. The van der Waals surface area contributed by atoms with Crippen LogP contribution in [0.25, 0.3) is 44.3 Å². The zero-order chi connectivity index (χ0) is 43.8. The van der Waals surface area contributed by atoms with Crippen molar-refractivity contribution in [1.82, 2.24) is 14.1 Å². The van der Waals surface area contributed by atoms with Crippen LogP contribution in [0, 0.1) is 60.0 Å². The molecule has 304 valence electrons. The Hall–Kier alpha value is -4.89. The molecule has 0 saturated heterocycles. The van der Waals surface area contributed by atoms with E-state index >= 15 is 0 Å². The fraction of sp³-hybridized carbons (Fsp3) is 0.208. The van der Waals surface area contributed by atoms with E-state index < -0.39 is 28.7 Å². The van der Waals surface area contributed by atoms with Crippen LogP contribution in [0.3, 0.4) is 0 Å². The predicted octanol–water partition coefficient (Wildman–Crippen LogP) is 9.80. The van der Waals surface area contributed by atoms with Crippen LogP contribution >= 0.6 is 0 Å². The molecule has 0 fully saturated rings. The number of ether oxygens (including phenoxy) is 1. The molecule has 0 radical (unpaired) electrons. The van der Waals surface area contributed by atoms with Gasteiger partial charge in [-0.25, -0.2) is 0 Å². The van der Waals surface area contributed by atoms with Crippen LogP contribution in [0.4, 0.5) is 0 Å². The summed E-state index contributed by atoms with van der Waals surface area (Å²) in [7, 11) is 0. The number of pyridine rings is 1. The van der Waals surface area contributed by atoms with Gasteiger partial charge in [-0.15, -0.1) is 0 Å². The third-order valence-electron chi connectivity index (χ3n) is 11.2. The molecule has 6 aromatic carbocycles. The van der Waals surface area contributed by atoms with Crippen LogP contribution in [0.2, 0.25) is 0 Å². The molecular formula is C53H49BiN4OPt-2. The molecule has 0 aliphatic carbocycles. The number of imidazole rings is 1. The normalized spacial score (nSPS) is 12.8. The summed E-state index contributed by atoms with van der Waals surface area (Å²) in [6, 6.07) is 45.0. The first kappa shape index (κ1) is 38.1. The molecule has 0 bridgehead atoms. The number of rotatable bonds is 7. The van der Waals surface area contributed by atoms with Gasteiger partial charge < -0.3 is 4.57 Å².